The third-order valence-corrected chi connectivity index (χ3v) is 4.58. The average molecular weight is 374 g/mol. The van der Waals surface area contributed by atoms with E-state index in [1.807, 2.05) is 84.9 Å². The highest BCUT2D eigenvalue weighted by atomic mass is 16.6. The standard InChI is InChI=1S/C23H22N2O3/c26-21(17-7-3-1-4-8-17)16-24-23-15-22(28-25-23)18-11-13-20(14-12-18)27-19-9-5-2-6-10-19/h1-14,21-22,26H,15-16H2,(H,24,25)/t21-,22+/m1/s1. The van der Waals surface area contributed by atoms with Gasteiger partial charge in [0.05, 0.1) is 12.5 Å². The number of para-hydroxylation sites is 1. The number of rotatable bonds is 6. The van der Waals surface area contributed by atoms with Gasteiger partial charge in [-0.05, 0) is 35.4 Å². The molecule has 1 aliphatic heterocycles. The lowest BCUT2D eigenvalue weighted by Gasteiger charge is -2.13. The first kappa shape index (κ1) is 18.1. The number of ether oxygens (including phenoxy) is 1. The van der Waals surface area contributed by atoms with Crippen molar-refractivity contribution < 1.29 is 14.7 Å². The Morgan fingerprint density at radius 1 is 0.929 bits per heavy atom. The van der Waals surface area contributed by atoms with Crippen molar-refractivity contribution >= 4 is 5.84 Å². The molecule has 0 saturated carbocycles. The fourth-order valence-corrected chi connectivity index (χ4v) is 3.04. The summed E-state index contributed by atoms with van der Waals surface area (Å²) in [7, 11) is 0. The second-order valence-electron chi connectivity index (χ2n) is 6.63. The maximum Gasteiger partial charge on any atom is 0.159 e. The molecule has 3 aromatic carbocycles. The second-order valence-corrected chi connectivity index (χ2v) is 6.63. The van der Waals surface area contributed by atoms with Gasteiger partial charge in [-0.25, -0.2) is 0 Å². The maximum absolute atomic E-state index is 10.2. The number of aliphatic hydroxyl groups excluding tert-OH is 1. The van der Waals surface area contributed by atoms with E-state index in [-0.39, 0.29) is 6.10 Å². The van der Waals surface area contributed by atoms with Crippen LogP contribution in [0.15, 0.2) is 90.1 Å². The summed E-state index contributed by atoms with van der Waals surface area (Å²) in [5.74, 6) is 2.32. The second kappa shape index (κ2) is 8.59. The topological polar surface area (TPSA) is 63.1 Å². The molecule has 5 heteroatoms. The van der Waals surface area contributed by atoms with Crippen LogP contribution in [0, 0.1) is 0 Å². The zero-order chi connectivity index (χ0) is 19.2. The Labute approximate surface area is 164 Å². The molecule has 0 amide bonds. The minimum absolute atomic E-state index is 0.137. The lowest BCUT2D eigenvalue weighted by atomic mass is 10.1. The van der Waals surface area contributed by atoms with Crippen LogP contribution in [-0.4, -0.2) is 17.5 Å². The summed E-state index contributed by atoms with van der Waals surface area (Å²) in [6, 6.07) is 27.1. The first-order valence-corrected chi connectivity index (χ1v) is 9.30. The number of hydrogen-bond acceptors (Lipinski definition) is 5. The Morgan fingerprint density at radius 2 is 1.57 bits per heavy atom. The van der Waals surface area contributed by atoms with Crippen molar-refractivity contribution in [2.24, 2.45) is 5.16 Å². The fourth-order valence-electron chi connectivity index (χ4n) is 3.04. The molecule has 0 bridgehead atoms. The molecule has 1 heterocycles. The molecule has 0 unspecified atom stereocenters. The molecule has 0 fully saturated rings. The van der Waals surface area contributed by atoms with E-state index in [4.69, 9.17) is 9.57 Å². The lowest BCUT2D eigenvalue weighted by Crippen LogP contribution is -2.27. The van der Waals surface area contributed by atoms with E-state index < -0.39 is 6.10 Å². The Balaban J connectivity index is 1.29. The molecule has 142 valence electrons. The van der Waals surface area contributed by atoms with Gasteiger partial charge in [-0.3, -0.25) is 0 Å². The monoisotopic (exact) mass is 374 g/mol. The van der Waals surface area contributed by atoms with Gasteiger partial charge in [0, 0.05) is 6.54 Å². The zero-order valence-corrected chi connectivity index (χ0v) is 15.4. The van der Waals surface area contributed by atoms with Gasteiger partial charge >= 0.3 is 0 Å². The van der Waals surface area contributed by atoms with Crippen molar-refractivity contribution in [3.63, 3.8) is 0 Å². The van der Waals surface area contributed by atoms with E-state index in [9.17, 15) is 5.11 Å². The van der Waals surface area contributed by atoms with Crippen LogP contribution >= 0.6 is 0 Å². The van der Waals surface area contributed by atoms with E-state index in [1.54, 1.807) is 0 Å². The van der Waals surface area contributed by atoms with E-state index >= 15 is 0 Å². The zero-order valence-electron chi connectivity index (χ0n) is 15.4. The Morgan fingerprint density at radius 3 is 2.29 bits per heavy atom. The minimum atomic E-state index is -0.586. The van der Waals surface area contributed by atoms with Crippen molar-refractivity contribution in [2.45, 2.75) is 18.6 Å². The van der Waals surface area contributed by atoms with Crippen molar-refractivity contribution in [3.8, 4) is 11.5 Å². The molecule has 0 saturated heterocycles. The third kappa shape index (κ3) is 4.50. The van der Waals surface area contributed by atoms with Crippen LogP contribution in [0.3, 0.4) is 0 Å². The molecule has 0 aliphatic carbocycles. The predicted molar refractivity (Wildman–Crippen MR) is 108 cm³/mol. The molecule has 2 N–H and O–H groups in total. The van der Waals surface area contributed by atoms with Gasteiger partial charge in [-0.2, -0.15) is 0 Å². The summed E-state index contributed by atoms with van der Waals surface area (Å²) >= 11 is 0. The van der Waals surface area contributed by atoms with Gasteiger partial charge in [-0.15, -0.1) is 0 Å². The number of benzene rings is 3. The first-order chi connectivity index (χ1) is 13.8. The van der Waals surface area contributed by atoms with Crippen molar-refractivity contribution in [2.75, 3.05) is 6.54 Å². The lowest BCUT2D eigenvalue weighted by molar-refractivity contribution is 0.0856. The van der Waals surface area contributed by atoms with Crippen molar-refractivity contribution in [3.05, 3.63) is 96.1 Å². The van der Waals surface area contributed by atoms with Gasteiger partial charge < -0.3 is 20.0 Å². The molecule has 0 radical (unpaired) electrons. The Kier molecular flexibility index (Phi) is 5.54. The van der Waals surface area contributed by atoms with Crippen molar-refractivity contribution in [1.82, 2.24) is 5.32 Å². The summed E-state index contributed by atoms with van der Waals surface area (Å²) in [4.78, 5) is 5.55. The van der Waals surface area contributed by atoms with Gasteiger partial charge in [-0.1, -0.05) is 65.8 Å². The number of nitrogens with zero attached hydrogens (tertiary/aromatic N) is 1. The summed E-state index contributed by atoms with van der Waals surface area (Å²) in [6.07, 6.45) is -0.0834. The average Bonchev–Trinajstić information content (AvgIpc) is 3.23. The van der Waals surface area contributed by atoms with Gasteiger partial charge in [0.1, 0.15) is 17.3 Å². The molecule has 0 aromatic heterocycles. The van der Waals surface area contributed by atoms with Crippen molar-refractivity contribution in [1.29, 1.82) is 0 Å². The fraction of sp³-hybridized carbons (Fsp3) is 0.174. The normalized spacial score (nSPS) is 16.8. The first-order valence-electron chi connectivity index (χ1n) is 9.30. The summed E-state index contributed by atoms with van der Waals surface area (Å²) in [5.41, 5.74) is 1.91. The Bertz CT molecular complexity index is 912. The minimum Gasteiger partial charge on any atom is -0.457 e. The number of amidine groups is 1. The molecular weight excluding hydrogens is 352 g/mol. The number of nitrogens with one attached hydrogen (secondary N) is 1. The van der Waals surface area contributed by atoms with E-state index in [1.165, 1.54) is 0 Å². The molecule has 4 rings (SSSR count). The highest BCUT2D eigenvalue weighted by Gasteiger charge is 2.23. The third-order valence-electron chi connectivity index (χ3n) is 4.58. The molecule has 5 nitrogen and oxygen atoms in total. The molecule has 3 aromatic rings. The molecular formula is C23H22N2O3. The maximum atomic E-state index is 10.2. The predicted octanol–water partition coefficient (Wildman–Crippen LogP) is 4.58. The van der Waals surface area contributed by atoms with Crippen LogP contribution < -0.4 is 10.1 Å². The highest BCUT2D eigenvalue weighted by molar-refractivity contribution is 5.83. The quantitative estimate of drug-likeness (QED) is 0.663. The Hall–Kier alpha value is -3.31. The highest BCUT2D eigenvalue weighted by Crippen LogP contribution is 2.29. The SMILES string of the molecule is O[C@H](CNC1=NO[C@H](c2ccc(Oc3ccccc3)cc2)C1)c1ccccc1. The molecule has 0 spiro atoms. The summed E-state index contributed by atoms with van der Waals surface area (Å²) in [5, 5.41) is 17.5. The van der Waals surface area contributed by atoms with E-state index in [0.29, 0.717) is 13.0 Å². The van der Waals surface area contributed by atoms with E-state index in [0.717, 1.165) is 28.5 Å². The van der Waals surface area contributed by atoms with Crippen LogP contribution in [0.2, 0.25) is 0 Å². The number of hydrogen-bond donors (Lipinski definition) is 2. The van der Waals surface area contributed by atoms with Crippen LogP contribution in [0.4, 0.5) is 0 Å². The van der Waals surface area contributed by atoms with Gasteiger partial charge in [0.15, 0.2) is 6.10 Å². The molecule has 28 heavy (non-hydrogen) atoms. The summed E-state index contributed by atoms with van der Waals surface area (Å²) in [6.45, 7) is 0.392. The molecule has 2 atom stereocenters. The van der Waals surface area contributed by atoms with Gasteiger partial charge in [0.2, 0.25) is 0 Å². The largest absolute Gasteiger partial charge is 0.457 e. The van der Waals surface area contributed by atoms with E-state index in [2.05, 4.69) is 10.5 Å². The van der Waals surface area contributed by atoms with Crippen LogP contribution in [0.1, 0.15) is 29.8 Å². The number of aliphatic hydroxyl groups is 1. The van der Waals surface area contributed by atoms with Crippen LogP contribution in [0.25, 0.3) is 0 Å². The van der Waals surface area contributed by atoms with Crippen LogP contribution in [0.5, 0.6) is 11.5 Å². The number of oxime groups is 1. The van der Waals surface area contributed by atoms with Gasteiger partial charge in [0.25, 0.3) is 0 Å². The summed E-state index contributed by atoms with van der Waals surface area (Å²) < 4.78 is 5.81. The van der Waals surface area contributed by atoms with Crippen LogP contribution in [-0.2, 0) is 4.84 Å². The smallest absolute Gasteiger partial charge is 0.159 e. The molecule has 1 aliphatic rings.